The van der Waals surface area contributed by atoms with Crippen LogP contribution in [0.2, 0.25) is 0 Å². The van der Waals surface area contributed by atoms with Crippen LogP contribution in [0.25, 0.3) is 0 Å². The van der Waals surface area contributed by atoms with Crippen LogP contribution >= 0.6 is 12.4 Å². The number of nitrogens with one attached hydrogen (secondary N) is 2. The first-order valence-corrected chi connectivity index (χ1v) is 7.75. The number of nitrogens with zero attached hydrogens (tertiary/aromatic N) is 2. The van der Waals surface area contributed by atoms with Crippen molar-refractivity contribution < 1.29 is 9.53 Å². The molecule has 0 spiro atoms. The van der Waals surface area contributed by atoms with E-state index in [9.17, 15) is 4.79 Å². The molecule has 0 unspecified atom stereocenters. The standard InChI is InChI=1S/C17H22N4O2.ClH/c1-21-10-13(7-19-21)15-8-18-9-16(15)17(22)20-14-5-3-4-12(6-14)11-23-2;/h3-7,10,15-16,18H,8-9,11H2,1-2H3,(H,20,22);1H/t15-,16+;/m1./s1. The van der Waals surface area contributed by atoms with Gasteiger partial charge in [0.2, 0.25) is 5.91 Å². The minimum Gasteiger partial charge on any atom is -0.380 e. The molecular formula is C17H23ClN4O2. The van der Waals surface area contributed by atoms with E-state index in [0.29, 0.717) is 13.2 Å². The molecule has 0 bridgehead atoms. The second-order valence-electron chi connectivity index (χ2n) is 5.94. The van der Waals surface area contributed by atoms with Gasteiger partial charge < -0.3 is 15.4 Å². The minimum atomic E-state index is -0.0923. The topological polar surface area (TPSA) is 68.2 Å². The third kappa shape index (κ3) is 4.14. The second kappa shape index (κ2) is 8.28. The summed E-state index contributed by atoms with van der Waals surface area (Å²) in [6.45, 7) is 2.02. The van der Waals surface area contributed by atoms with Crippen LogP contribution in [-0.2, 0) is 23.2 Å². The molecule has 2 N–H and O–H groups in total. The maximum absolute atomic E-state index is 12.7. The monoisotopic (exact) mass is 350 g/mol. The summed E-state index contributed by atoms with van der Waals surface area (Å²) in [5.74, 6) is 0.106. The van der Waals surface area contributed by atoms with Crippen LogP contribution in [0.15, 0.2) is 36.7 Å². The van der Waals surface area contributed by atoms with Crippen LogP contribution in [-0.4, -0.2) is 35.9 Å². The summed E-state index contributed by atoms with van der Waals surface area (Å²) in [6, 6.07) is 7.76. The molecule has 130 valence electrons. The molecule has 2 atom stereocenters. The van der Waals surface area contributed by atoms with E-state index in [1.807, 2.05) is 43.7 Å². The van der Waals surface area contributed by atoms with Crippen LogP contribution in [0, 0.1) is 5.92 Å². The first-order chi connectivity index (χ1) is 11.2. The Kier molecular flexibility index (Phi) is 6.36. The number of rotatable bonds is 5. The van der Waals surface area contributed by atoms with Gasteiger partial charge in [0.15, 0.2) is 0 Å². The zero-order valence-electron chi connectivity index (χ0n) is 13.9. The third-order valence-electron chi connectivity index (χ3n) is 4.21. The Bertz CT molecular complexity index is 689. The largest absolute Gasteiger partial charge is 0.380 e. The molecule has 1 aliphatic rings. The predicted octanol–water partition coefficient (Wildman–Crippen LogP) is 1.93. The predicted molar refractivity (Wildman–Crippen MR) is 95.3 cm³/mol. The molecule has 0 saturated carbocycles. The maximum Gasteiger partial charge on any atom is 0.229 e. The molecule has 1 amide bonds. The van der Waals surface area contributed by atoms with Gasteiger partial charge in [-0.1, -0.05) is 12.1 Å². The van der Waals surface area contributed by atoms with E-state index in [-0.39, 0.29) is 30.2 Å². The summed E-state index contributed by atoms with van der Waals surface area (Å²) in [5.41, 5.74) is 2.95. The Morgan fingerprint density at radius 1 is 1.46 bits per heavy atom. The number of aryl methyl sites for hydroxylation is 1. The van der Waals surface area contributed by atoms with E-state index >= 15 is 0 Å². The lowest BCUT2D eigenvalue weighted by Crippen LogP contribution is -2.28. The summed E-state index contributed by atoms with van der Waals surface area (Å²) in [5, 5.41) is 10.6. The summed E-state index contributed by atoms with van der Waals surface area (Å²) < 4.78 is 6.91. The first-order valence-electron chi connectivity index (χ1n) is 7.75. The van der Waals surface area contributed by atoms with Gasteiger partial charge in [0.1, 0.15) is 0 Å². The van der Waals surface area contributed by atoms with Crippen LogP contribution in [0.1, 0.15) is 17.0 Å². The number of methoxy groups -OCH3 is 1. The average Bonchev–Trinajstić information content (AvgIpc) is 3.16. The van der Waals surface area contributed by atoms with E-state index in [1.54, 1.807) is 11.8 Å². The number of aromatic nitrogens is 2. The Morgan fingerprint density at radius 2 is 2.29 bits per heavy atom. The van der Waals surface area contributed by atoms with Gasteiger partial charge in [0.25, 0.3) is 0 Å². The number of hydrogen-bond acceptors (Lipinski definition) is 4. The van der Waals surface area contributed by atoms with Crippen LogP contribution in [0.5, 0.6) is 0 Å². The molecule has 24 heavy (non-hydrogen) atoms. The van der Waals surface area contributed by atoms with Gasteiger partial charge in [-0.15, -0.1) is 12.4 Å². The Labute approximate surface area is 148 Å². The molecule has 0 aliphatic carbocycles. The quantitative estimate of drug-likeness (QED) is 0.864. The number of carbonyl (C=O) groups is 1. The van der Waals surface area contributed by atoms with Gasteiger partial charge in [0, 0.05) is 45.0 Å². The lowest BCUT2D eigenvalue weighted by atomic mass is 9.90. The molecule has 2 aromatic rings. The molecule has 2 heterocycles. The second-order valence-corrected chi connectivity index (χ2v) is 5.94. The fourth-order valence-corrected chi connectivity index (χ4v) is 3.08. The van der Waals surface area contributed by atoms with Crippen LogP contribution in [0.3, 0.4) is 0 Å². The zero-order valence-corrected chi connectivity index (χ0v) is 14.7. The van der Waals surface area contributed by atoms with Crippen LogP contribution < -0.4 is 10.6 Å². The first kappa shape index (κ1) is 18.4. The SMILES string of the molecule is COCc1cccc(NC(=O)[C@H]2CNC[C@@H]2c2cnn(C)c2)c1.Cl. The van der Waals surface area contributed by atoms with Gasteiger partial charge in [-0.25, -0.2) is 0 Å². The van der Waals surface area contributed by atoms with Crippen molar-refractivity contribution in [2.24, 2.45) is 13.0 Å². The van der Waals surface area contributed by atoms with Crippen molar-refractivity contribution >= 4 is 24.0 Å². The molecular weight excluding hydrogens is 328 g/mol. The molecule has 1 fully saturated rings. The molecule has 6 nitrogen and oxygen atoms in total. The highest BCUT2D eigenvalue weighted by atomic mass is 35.5. The van der Waals surface area contributed by atoms with Crippen molar-refractivity contribution in [3.05, 3.63) is 47.8 Å². The number of anilines is 1. The summed E-state index contributed by atoms with van der Waals surface area (Å²) in [4.78, 5) is 12.7. The Morgan fingerprint density at radius 3 is 3.00 bits per heavy atom. The van der Waals surface area contributed by atoms with E-state index in [4.69, 9.17) is 4.74 Å². The maximum atomic E-state index is 12.7. The number of amides is 1. The van der Waals surface area contributed by atoms with Gasteiger partial charge in [-0.05, 0) is 23.3 Å². The van der Waals surface area contributed by atoms with E-state index in [0.717, 1.165) is 23.4 Å². The van der Waals surface area contributed by atoms with Gasteiger partial charge in [-0.3, -0.25) is 9.48 Å². The third-order valence-corrected chi connectivity index (χ3v) is 4.21. The van der Waals surface area contributed by atoms with Crippen molar-refractivity contribution in [3.8, 4) is 0 Å². The summed E-state index contributed by atoms with van der Waals surface area (Å²) in [7, 11) is 3.55. The number of hydrogen-bond donors (Lipinski definition) is 2. The fourth-order valence-electron chi connectivity index (χ4n) is 3.08. The van der Waals surface area contributed by atoms with Crippen molar-refractivity contribution in [2.45, 2.75) is 12.5 Å². The number of benzene rings is 1. The molecule has 0 radical (unpaired) electrons. The molecule has 1 aromatic carbocycles. The van der Waals surface area contributed by atoms with E-state index in [1.165, 1.54) is 0 Å². The molecule has 1 aliphatic heterocycles. The number of carbonyl (C=O) groups excluding carboxylic acids is 1. The van der Waals surface area contributed by atoms with Crippen molar-refractivity contribution in [3.63, 3.8) is 0 Å². The molecule has 3 rings (SSSR count). The summed E-state index contributed by atoms with van der Waals surface area (Å²) in [6.07, 6.45) is 3.83. The van der Waals surface area contributed by atoms with E-state index in [2.05, 4.69) is 15.7 Å². The average molecular weight is 351 g/mol. The Hall–Kier alpha value is -1.89. The lowest BCUT2D eigenvalue weighted by molar-refractivity contribution is -0.119. The molecule has 1 aromatic heterocycles. The van der Waals surface area contributed by atoms with Crippen molar-refractivity contribution in [2.75, 3.05) is 25.5 Å². The Balaban J connectivity index is 0.00000208. The normalized spacial score (nSPS) is 19.8. The van der Waals surface area contributed by atoms with Gasteiger partial charge >= 0.3 is 0 Å². The highest BCUT2D eigenvalue weighted by Crippen LogP contribution is 2.29. The minimum absolute atomic E-state index is 0. The molecule has 7 heteroatoms. The van der Waals surface area contributed by atoms with Gasteiger partial charge in [-0.2, -0.15) is 5.10 Å². The number of ether oxygens (including phenoxy) is 1. The van der Waals surface area contributed by atoms with Crippen molar-refractivity contribution in [1.29, 1.82) is 0 Å². The smallest absolute Gasteiger partial charge is 0.229 e. The highest BCUT2D eigenvalue weighted by Gasteiger charge is 2.34. The summed E-state index contributed by atoms with van der Waals surface area (Å²) >= 11 is 0. The van der Waals surface area contributed by atoms with Crippen molar-refractivity contribution in [1.82, 2.24) is 15.1 Å². The fraction of sp³-hybridized carbons (Fsp3) is 0.412. The zero-order chi connectivity index (χ0) is 16.2. The van der Waals surface area contributed by atoms with E-state index < -0.39 is 0 Å². The van der Waals surface area contributed by atoms with Crippen LogP contribution in [0.4, 0.5) is 5.69 Å². The highest BCUT2D eigenvalue weighted by molar-refractivity contribution is 5.93. The molecule has 1 saturated heterocycles. The number of halogens is 1. The van der Waals surface area contributed by atoms with Gasteiger partial charge in [0.05, 0.1) is 18.7 Å². The lowest BCUT2D eigenvalue weighted by Gasteiger charge is -2.17.